The summed E-state index contributed by atoms with van der Waals surface area (Å²) in [6.07, 6.45) is 5.84. The van der Waals surface area contributed by atoms with Crippen molar-refractivity contribution >= 4 is 0 Å². The quantitative estimate of drug-likeness (QED) is 0.388. The number of terminal acetylenes is 1. The molecule has 76 valence electrons. The largest absolute Gasteiger partial charge is 0.379 e. The Balaban J connectivity index is 4.45. The van der Waals surface area contributed by atoms with E-state index in [1.165, 1.54) is 0 Å². The second-order valence-corrected chi connectivity index (χ2v) is 4.20. The number of rotatable bonds is 4. The van der Waals surface area contributed by atoms with Gasteiger partial charge in [0.05, 0.1) is 12.1 Å². The Hall–Kier alpha value is -0.560. The highest BCUT2D eigenvalue weighted by Gasteiger charge is 2.31. The van der Waals surface area contributed by atoms with Crippen molar-refractivity contribution in [1.82, 2.24) is 5.43 Å². The minimum atomic E-state index is 0.00926. The molecule has 3 heteroatoms. The van der Waals surface area contributed by atoms with Gasteiger partial charge in [0.15, 0.2) is 0 Å². The van der Waals surface area contributed by atoms with Gasteiger partial charge in [-0.2, -0.15) is 0 Å². The molecule has 0 spiro atoms. The van der Waals surface area contributed by atoms with E-state index >= 15 is 0 Å². The van der Waals surface area contributed by atoms with Gasteiger partial charge < -0.3 is 4.74 Å². The average molecular weight is 184 g/mol. The van der Waals surface area contributed by atoms with E-state index in [1.54, 1.807) is 7.11 Å². The number of hydrogen-bond acceptors (Lipinski definition) is 3. The van der Waals surface area contributed by atoms with Crippen LogP contribution in [0.1, 0.15) is 27.2 Å². The van der Waals surface area contributed by atoms with Crippen molar-refractivity contribution in [3.05, 3.63) is 0 Å². The van der Waals surface area contributed by atoms with Gasteiger partial charge in [-0.1, -0.05) is 20.8 Å². The molecule has 0 aliphatic rings. The molecule has 0 bridgehead atoms. The third kappa shape index (κ3) is 3.77. The van der Waals surface area contributed by atoms with Crippen molar-refractivity contribution in [2.75, 3.05) is 7.11 Å². The first kappa shape index (κ1) is 12.4. The summed E-state index contributed by atoms with van der Waals surface area (Å²) in [6.45, 7) is 6.30. The first-order valence-electron chi connectivity index (χ1n) is 4.39. The SMILES string of the molecule is C#CCC(NN)C(OC)C(C)(C)C. The molecule has 3 N–H and O–H groups in total. The van der Waals surface area contributed by atoms with Gasteiger partial charge in [0, 0.05) is 13.5 Å². The molecule has 2 atom stereocenters. The summed E-state index contributed by atoms with van der Waals surface area (Å²) in [6, 6.07) is 0.00926. The summed E-state index contributed by atoms with van der Waals surface area (Å²) >= 11 is 0. The molecule has 0 aromatic rings. The average Bonchev–Trinajstić information content (AvgIpc) is 2.01. The fourth-order valence-corrected chi connectivity index (χ4v) is 1.50. The zero-order valence-corrected chi connectivity index (χ0v) is 8.92. The Morgan fingerprint density at radius 2 is 2.08 bits per heavy atom. The van der Waals surface area contributed by atoms with Crippen LogP contribution in [0.15, 0.2) is 0 Å². The fraction of sp³-hybridized carbons (Fsp3) is 0.800. The van der Waals surface area contributed by atoms with Crippen LogP contribution in [0, 0.1) is 17.8 Å². The van der Waals surface area contributed by atoms with Crippen molar-refractivity contribution < 1.29 is 4.74 Å². The number of hydrogen-bond donors (Lipinski definition) is 2. The molecule has 3 nitrogen and oxygen atoms in total. The summed E-state index contributed by atoms with van der Waals surface area (Å²) < 4.78 is 5.38. The van der Waals surface area contributed by atoms with Crippen LogP contribution < -0.4 is 11.3 Å². The molecule has 0 fully saturated rings. The topological polar surface area (TPSA) is 47.3 Å². The Kier molecular flexibility index (Phi) is 5.01. The highest BCUT2D eigenvalue weighted by Crippen LogP contribution is 2.25. The van der Waals surface area contributed by atoms with E-state index < -0.39 is 0 Å². The molecular weight excluding hydrogens is 164 g/mol. The lowest BCUT2D eigenvalue weighted by Crippen LogP contribution is -2.50. The van der Waals surface area contributed by atoms with Gasteiger partial charge >= 0.3 is 0 Å². The lowest BCUT2D eigenvalue weighted by molar-refractivity contribution is -0.00988. The third-order valence-electron chi connectivity index (χ3n) is 2.02. The molecular formula is C10H20N2O. The molecule has 0 radical (unpaired) electrons. The van der Waals surface area contributed by atoms with E-state index in [2.05, 4.69) is 32.1 Å². The minimum absolute atomic E-state index is 0.00926. The lowest BCUT2D eigenvalue weighted by Gasteiger charge is -2.34. The highest BCUT2D eigenvalue weighted by molar-refractivity contribution is 4.95. The summed E-state index contributed by atoms with van der Waals surface area (Å²) in [4.78, 5) is 0. The molecule has 0 aromatic heterocycles. The maximum atomic E-state index is 5.41. The second-order valence-electron chi connectivity index (χ2n) is 4.20. The van der Waals surface area contributed by atoms with Crippen molar-refractivity contribution in [2.45, 2.75) is 39.3 Å². The Bertz CT molecular complexity index is 178. The van der Waals surface area contributed by atoms with E-state index in [-0.39, 0.29) is 17.6 Å². The van der Waals surface area contributed by atoms with Crippen LogP contribution in [-0.4, -0.2) is 19.3 Å². The normalized spacial score (nSPS) is 16.3. The maximum Gasteiger partial charge on any atom is 0.0795 e. The lowest BCUT2D eigenvalue weighted by atomic mass is 9.83. The van der Waals surface area contributed by atoms with Gasteiger partial charge in [0.25, 0.3) is 0 Å². The fourth-order valence-electron chi connectivity index (χ4n) is 1.50. The number of hydrazine groups is 1. The molecule has 0 saturated heterocycles. The zero-order valence-electron chi connectivity index (χ0n) is 8.92. The summed E-state index contributed by atoms with van der Waals surface area (Å²) in [7, 11) is 1.68. The molecule has 0 aliphatic heterocycles. The third-order valence-corrected chi connectivity index (χ3v) is 2.02. The van der Waals surface area contributed by atoms with Crippen LogP contribution >= 0.6 is 0 Å². The van der Waals surface area contributed by atoms with Crippen molar-refractivity contribution in [2.24, 2.45) is 11.3 Å². The number of nitrogens with one attached hydrogen (secondary N) is 1. The minimum Gasteiger partial charge on any atom is -0.379 e. The predicted octanol–water partition coefficient (Wildman–Crippen LogP) is 0.903. The smallest absolute Gasteiger partial charge is 0.0795 e. The van der Waals surface area contributed by atoms with Crippen molar-refractivity contribution in [1.29, 1.82) is 0 Å². The van der Waals surface area contributed by atoms with E-state index in [4.69, 9.17) is 17.0 Å². The van der Waals surface area contributed by atoms with Crippen LogP contribution in [-0.2, 0) is 4.74 Å². The first-order valence-corrected chi connectivity index (χ1v) is 4.39. The Labute approximate surface area is 81.0 Å². The van der Waals surface area contributed by atoms with Gasteiger partial charge in [-0.15, -0.1) is 12.3 Å². The molecule has 0 amide bonds. The summed E-state index contributed by atoms with van der Waals surface area (Å²) in [5, 5.41) is 0. The van der Waals surface area contributed by atoms with E-state index in [1.807, 2.05) is 0 Å². The molecule has 0 aromatic carbocycles. The van der Waals surface area contributed by atoms with Gasteiger partial charge in [-0.05, 0) is 5.41 Å². The molecule has 13 heavy (non-hydrogen) atoms. The van der Waals surface area contributed by atoms with E-state index in [0.29, 0.717) is 6.42 Å². The number of methoxy groups -OCH3 is 1. The number of nitrogens with two attached hydrogens (primary N) is 1. The molecule has 0 rings (SSSR count). The van der Waals surface area contributed by atoms with Crippen LogP contribution in [0.2, 0.25) is 0 Å². The summed E-state index contributed by atoms with van der Waals surface area (Å²) in [5.41, 5.74) is 2.72. The van der Waals surface area contributed by atoms with Gasteiger partial charge in [-0.25, -0.2) is 0 Å². The standard InChI is InChI=1S/C10H20N2O/c1-6-7-8(12-11)9(13-5)10(2,3)4/h1,8-9,12H,7,11H2,2-5H3. The Morgan fingerprint density at radius 3 is 2.31 bits per heavy atom. The van der Waals surface area contributed by atoms with Crippen LogP contribution in [0.25, 0.3) is 0 Å². The molecule has 0 aliphatic carbocycles. The van der Waals surface area contributed by atoms with E-state index in [9.17, 15) is 0 Å². The van der Waals surface area contributed by atoms with Crippen LogP contribution in [0.3, 0.4) is 0 Å². The predicted molar refractivity (Wildman–Crippen MR) is 54.8 cm³/mol. The van der Waals surface area contributed by atoms with E-state index in [0.717, 1.165) is 0 Å². The van der Waals surface area contributed by atoms with Crippen molar-refractivity contribution in [3.63, 3.8) is 0 Å². The maximum absolute atomic E-state index is 5.41. The Morgan fingerprint density at radius 1 is 1.54 bits per heavy atom. The van der Waals surface area contributed by atoms with Crippen LogP contribution in [0.5, 0.6) is 0 Å². The van der Waals surface area contributed by atoms with Gasteiger partial charge in [0.2, 0.25) is 0 Å². The molecule has 2 unspecified atom stereocenters. The van der Waals surface area contributed by atoms with Crippen molar-refractivity contribution in [3.8, 4) is 12.3 Å². The van der Waals surface area contributed by atoms with Gasteiger partial charge in [0.1, 0.15) is 0 Å². The molecule has 0 heterocycles. The van der Waals surface area contributed by atoms with Crippen LogP contribution in [0.4, 0.5) is 0 Å². The van der Waals surface area contributed by atoms with Gasteiger partial charge in [-0.3, -0.25) is 11.3 Å². The number of ether oxygens (including phenoxy) is 1. The highest BCUT2D eigenvalue weighted by atomic mass is 16.5. The summed E-state index contributed by atoms with van der Waals surface area (Å²) in [5.74, 6) is 7.99. The monoisotopic (exact) mass is 184 g/mol. The first-order chi connectivity index (χ1) is 5.97. The second kappa shape index (κ2) is 5.23. The molecule has 0 saturated carbocycles. The zero-order chi connectivity index (χ0) is 10.5.